The monoisotopic (exact) mass is 612 g/mol. The summed E-state index contributed by atoms with van der Waals surface area (Å²) in [5.41, 5.74) is 10.8. The highest BCUT2D eigenvalue weighted by atomic mass is 35.5. The molecule has 42 heavy (non-hydrogen) atoms. The summed E-state index contributed by atoms with van der Waals surface area (Å²) >= 11 is 7.75. The zero-order valence-electron chi connectivity index (χ0n) is 21.7. The number of guanidine groups is 1. The Kier molecular flexibility index (Phi) is 7.56. The van der Waals surface area contributed by atoms with E-state index in [-0.39, 0.29) is 18.6 Å². The number of hydrogen-bond acceptors (Lipinski definition) is 9. The Morgan fingerprint density at radius 1 is 1.19 bits per heavy atom. The highest BCUT2D eigenvalue weighted by Crippen LogP contribution is 2.37. The summed E-state index contributed by atoms with van der Waals surface area (Å²) in [6, 6.07) is 10.2. The van der Waals surface area contributed by atoms with Crippen molar-refractivity contribution in [2.75, 3.05) is 6.61 Å². The Bertz CT molecular complexity index is 1640. The van der Waals surface area contributed by atoms with Gasteiger partial charge in [-0.15, -0.1) is 10.2 Å². The molecular weight excluding hydrogens is 590 g/mol. The minimum atomic E-state index is -2.75. The van der Waals surface area contributed by atoms with Crippen molar-refractivity contribution in [3.63, 3.8) is 0 Å². The number of benzene rings is 2. The fourth-order valence-electron chi connectivity index (χ4n) is 4.59. The largest absolute Gasteiger partial charge is 0.447 e. The Hall–Kier alpha value is -4.43. The van der Waals surface area contributed by atoms with E-state index in [9.17, 15) is 18.4 Å². The van der Waals surface area contributed by atoms with Gasteiger partial charge in [0.15, 0.2) is 12.0 Å². The predicted octanol–water partition coefficient (Wildman–Crippen LogP) is 4.95. The van der Waals surface area contributed by atoms with Crippen molar-refractivity contribution < 1.29 is 23.1 Å². The molecule has 15 heteroatoms. The smallest absolute Gasteiger partial charge is 0.407 e. The zero-order valence-corrected chi connectivity index (χ0v) is 23.3. The van der Waals surface area contributed by atoms with Gasteiger partial charge in [-0.05, 0) is 41.7 Å². The number of hydrogen-bond donors (Lipinski definition) is 2. The number of carbonyl (C=O) groups is 2. The number of alkyl carbamates (subject to hydrolysis) is 1. The van der Waals surface area contributed by atoms with E-state index in [1.807, 2.05) is 0 Å². The first-order valence-electron chi connectivity index (χ1n) is 12.9. The maximum absolute atomic E-state index is 13.8. The molecule has 3 heterocycles. The molecule has 1 aliphatic carbocycles. The normalized spacial score (nSPS) is 17.4. The number of alkyl halides is 2. The molecule has 2 aliphatic rings. The molecule has 2 unspecified atom stereocenters. The lowest BCUT2D eigenvalue weighted by molar-refractivity contribution is -0.129. The van der Waals surface area contributed by atoms with Gasteiger partial charge in [-0.1, -0.05) is 53.3 Å². The van der Waals surface area contributed by atoms with Gasteiger partial charge in [-0.2, -0.15) is 13.9 Å². The molecule has 2 amide bonds. The van der Waals surface area contributed by atoms with Crippen molar-refractivity contribution in [2.45, 2.75) is 37.5 Å². The van der Waals surface area contributed by atoms with Crippen LogP contribution in [-0.4, -0.2) is 55.5 Å². The lowest BCUT2D eigenvalue weighted by Gasteiger charge is -2.28. The third-order valence-electron chi connectivity index (χ3n) is 6.89. The summed E-state index contributed by atoms with van der Waals surface area (Å²) in [5.74, 6) is -0.467. The van der Waals surface area contributed by atoms with E-state index in [0.29, 0.717) is 42.5 Å². The van der Waals surface area contributed by atoms with Gasteiger partial charge >= 0.3 is 12.6 Å². The number of nitrogens with zero attached hydrogens (tertiary/aromatic N) is 6. The standard InChI is InChI=1S/C27H23ClF2N8O3S/c28-20-8-5-16(9-19(20)23-36-32-13-42-23)21(12-41-27(40)34-18-6-7-18)38-24(39)22(35-26(38)31)15-3-1-14(2-4-15)17-10-33-37(11-17)25(29)30/h1-5,8-11,13,18,21-22,25H,6-7,12H2,(H2,31,35)(H,34,40). The summed E-state index contributed by atoms with van der Waals surface area (Å²) in [4.78, 5) is 31.9. The van der Waals surface area contributed by atoms with E-state index >= 15 is 0 Å². The maximum Gasteiger partial charge on any atom is 0.407 e. The van der Waals surface area contributed by atoms with Gasteiger partial charge < -0.3 is 15.8 Å². The average Bonchev–Trinajstić information content (AvgIpc) is 3.34. The molecule has 2 aromatic carbocycles. The van der Waals surface area contributed by atoms with Crippen molar-refractivity contribution in [1.29, 1.82) is 0 Å². The second-order valence-electron chi connectivity index (χ2n) is 9.72. The van der Waals surface area contributed by atoms with Crippen LogP contribution >= 0.6 is 22.9 Å². The molecule has 3 N–H and O–H groups in total. The van der Waals surface area contributed by atoms with Crippen molar-refractivity contribution in [3.05, 3.63) is 76.5 Å². The van der Waals surface area contributed by atoms with E-state index in [2.05, 4.69) is 25.6 Å². The lowest BCUT2D eigenvalue weighted by Crippen LogP contribution is -2.43. The van der Waals surface area contributed by atoms with Crippen LogP contribution in [0.5, 0.6) is 0 Å². The minimum absolute atomic E-state index is 0.0455. The molecule has 0 saturated heterocycles. The minimum Gasteiger partial charge on any atom is -0.447 e. The lowest BCUT2D eigenvalue weighted by atomic mass is 10.0. The third-order valence-corrected chi connectivity index (χ3v) is 7.94. The van der Waals surface area contributed by atoms with Crippen LogP contribution in [0.2, 0.25) is 5.02 Å². The van der Waals surface area contributed by atoms with Crippen LogP contribution in [-0.2, 0) is 9.53 Å². The fourth-order valence-corrected chi connectivity index (χ4v) is 5.44. The molecule has 1 saturated carbocycles. The number of aliphatic imine (C=N–C) groups is 1. The molecule has 4 aromatic rings. The molecule has 6 rings (SSSR count). The van der Waals surface area contributed by atoms with Gasteiger partial charge in [-0.25, -0.2) is 14.5 Å². The molecular formula is C27H23ClF2N8O3S. The van der Waals surface area contributed by atoms with Gasteiger partial charge in [0.25, 0.3) is 5.91 Å². The Labute approximate surface area is 247 Å². The molecule has 216 valence electrons. The molecule has 0 bridgehead atoms. The van der Waals surface area contributed by atoms with Crippen LogP contribution in [0.25, 0.3) is 21.7 Å². The zero-order chi connectivity index (χ0) is 29.4. The Balaban J connectivity index is 1.27. The van der Waals surface area contributed by atoms with Crippen LogP contribution in [0, 0.1) is 0 Å². The van der Waals surface area contributed by atoms with Crippen molar-refractivity contribution in [1.82, 2.24) is 30.2 Å². The predicted molar refractivity (Wildman–Crippen MR) is 151 cm³/mol. The SMILES string of the molecule is NC1=NC(c2ccc(-c3cnn(C(F)F)c3)cc2)C(=O)N1C(COC(=O)NC1CC1)c1ccc(Cl)c(-c2nncs2)c1. The quantitative estimate of drug-likeness (QED) is 0.273. The summed E-state index contributed by atoms with van der Waals surface area (Å²) in [5, 5.41) is 15.4. The average molecular weight is 613 g/mol. The van der Waals surface area contributed by atoms with Gasteiger partial charge in [0, 0.05) is 23.4 Å². The summed E-state index contributed by atoms with van der Waals surface area (Å²) in [6.45, 7) is -2.94. The first-order chi connectivity index (χ1) is 20.3. The number of halogens is 3. The number of aromatic nitrogens is 4. The summed E-state index contributed by atoms with van der Waals surface area (Å²) in [6.07, 6.45) is 3.77. The highest BCUT2D eigenvalue weighted by molar-refractivity contribution is 7.12. The van der Waals surface area contributed by atoms with E-state index in [0.717, 1.165) is 12.8 Å². The van der Waals surface area contributed by atoms with Crippen LogP contribution in [0.4, 0.5) is 13.6 Å². The first kappa shape index (κ1) is 27.7. The van der Waals surface area contributed by atoms with E-state index < -0.39 is 30.6 Å². The maximum atomic E-state index is 13.8. The third kappa shape index (κ3) is 5.67. The van der Waals surface area contributed by atoms with Gasteiger partial charge in [0.1, 0.15) is 17.1 Å². The van der Waals surface area contributed by atoms with Gasteiger partial charge in [0.2, 0.25) is 0 Å². The number of ether oxygens (including phenoxy) is 1. The Morgan fingerprint density at radius 3 is 2.64 bits per heavy atom. The van der Waals surface area contributed by atoms with Crippen LogP contribution in [0.15, 0.2) is 65.4 Å². The van der Waals surface area contributed by atoms with Gasteiger partial charge in [-0.3, -0.25) is 9.69 Å². The number of amides is 2. The van der Waals surface area contributed by atoms with Crippen LogP contribution in [0.1, 0.15) is 42.6 Å². The fraction of sp³-hybridized carbons (Fsp3) is 0.259. The number of nitrogens with two attached hydrogens (primary N) is 1. The molecule has 0 spiro atoms. The van der Waals surface area contributed by atoms with Crippen LogP contribution in [0.3, 0.4) is 0 Å². The molecule has 2 atom stereocenters. The van der Waals surface area contributed by atoms with E-state index in [4.69, 9.17) is 22.1 Å². The van der Waals surface area contributed by atoms with E-state index in [1.54, 1.807) is 48.0 Å². The number of nitrogens with one attached hydrogen (secondary N) is 1. The molecule has 2 aromatic heterocycles. The Morgan fingerprint density at radius 2 is 1.98 bits per heavy atom. The second kappa shape index (κ2) is 11.4. The number of carbonyl (C=O) groups excluding carboxylic acids is 2. The number of rotatable bonds is 9. The van der Waals surface area contributed by atoms with Gasteiger partial charge in [0.05, 0.1) is 17.3 Å². The van der Waals surface area contributed by atoms with Crippen molar-refractivity contribution >= 4 is 40.9 Å². The molecule has 1 aliphatic heterocycles. The van der Waals surface area contributed by atoms with E-state index in [1.165, 1.54) is 28.6 Å². The second-order valence-corrected chi connectivity index (χ2v) is 11.0. The highest BCUT2D eigenvalue weighted by Gasteiger charge is 2.40. The molecule has 0 radical (unpaired) electrons. The molecule has 11 nitrogen and oxygen atoms in total. The first-order valence-corrected chi connectivity index (χ1v) is 14.1. The van der Waals surface area contributed by atoms with Crippen LogP contribution < -0.4 is 11.1 Å². The topological polar surface area (TPSA) is 141 Å². The summed E-state index contributed by atoms with van der Waals surface area (Å²) < 4.78 is 31.9. The van der Waals surface area contributed by atoms with Crippen molar-refractivity contribution in [2.24, 2.45) is 10.7 Å². The van der Waals surface area contributed by atoms with Crippen molar-refractivity contribution in [3.8, 4) is 21.7 Å². The summed E-state index contributed by atoms with van der Waals surface area (Å²) in [7, 11) is 0. The molecule has 1 fully saturated rings.